The summed E-state index contributed by atoms with van der Waals surface area (Å²) in [6.07, 6.45) is 2.93. The molecule has 2 aliphatic rings. The van der Waals surface area contributed by atoms with Gasteiger partial charge in [-0.2, -0.15) is 5.10 Å². The monoisotopic (exact) mass is 483 g/mol. The van der Waals surface area contributed by atoms with Crippen LogP contribution >= 0.6 is 15.9 Å². The minimum atomic E-state index is -0.102. The smallest absolute Gasteiger partial charge is 0.243 e. The predicted molar refractivity (Wildman–Crippen MR) is 123 cm³/mol. The summed E-state index contributed by atoms with van der Waals surface area (Å²) >= 11 is 3.52. The van der Waals surface area contributed by atoms with Crippen LogP contribution in [0.2, 0.25) is 0 Å². The summed E-state index contributed by atoms with van der Waals surface area (Å²) in [7, 11) is 1.65. The number of hydrogen-bond acceptors (Lipinski definition) is 4. The number of likely N-dealkylation sites (tertiary alicyclic amines) is 1. The lowest BCUT2D eigenvalue weighted by Gasteiger charge is -2.26. The fraction of sp³-hybridized carbons (Fsp3) is 0.375. The third kappa shape index (κ3) is 4.82. The number of rotatable bonds is 6. The summed E-state index contributed by atoms with van der Waals surface area (Å²) in [6.45, 7) is 1.27. The van der Waals surface area contributed by atoms with Crippen molar-refractivity contribution in [2.45, 2.75) is 38.1 Å². The van der Waals surface area contributed by atoms with Crippen molar-refractivity contribution in [1.29, 1.82) is 0 Å². The molecule has 0 aromatic heterocycles. The lowest BCUT2D eigenvalue weighted by Crippen LogP contribution is -2.32. The molecular formula is C24H26BrN3O3. The van der Waals surface area contributed by atoms with Crippen LogP contribution in [-0.2, 0) is 9.59 Å². The maximum Gasteiger partial charge on any atom is 0.243 e. The molecule has 1 saturated heterocycles. The van der Waals surface area contributed by atoms with Crippen molar-refractivity contribution in [3.63, 3.8) is 0 Å². The molecular weight excluding hydrogens is 458 g/mol. The van der Waals surface area contributed by atoms with Crippen LogP contribution in [0.3, 0.4) is 0 Å². The molecule has 1 atom stereocenters. The molecule has 0 radical (unpaired) electrons. The molecule has 0 unspecified atom stereocenters. The SMILES string of the molecule is COc1ccc(Br)cc1[C@H]1CCCN1C(=O)CCC(=O)N1CCC(c2ccccc2)=N1. The molecule has 0 aliphatic carbocycles. The fourth-order valence-corrected chi connectivity index (χ4v) is 4.69. The molecule has 2 aliphatic heterocycles. The summed E-state index contributed by atoms with van der Waals surface area (Å²) in [6, 6.07) is 15.7. The Hall–Kier alpha value is -2.67. The molecule has 2 aromatic carbocycles. The van der Waals surface area contributed by atoms with E-state index in [0.717, 1.165) is 46.3 Å². The van der Waals surface area contributed by atoms with Crippen molar-refractivity contribution in [2.75, 3.05) is 20.2 Å². The average Bonchev–Trinajstić information content (AvgIpc) is 3.48. The molecule has 31 heavy (non-hydrogen) atoms. The highest BCUT2D eigenvalue weighted by Crippen LogP contribution is 2.38. The van der Waals surface area contributed by atoms with Gasteiger partial charge in [-0.1, -0.05) is 46.3 Å². The van der Waals surface area contributed by atoms with Crippen LogP contribution in [0.5, 0.6) is 5.75 Å². The molecule has 0 saturated carbocycles. The van der Waals surface area contributed by atoms with Crippen molar-refractivity contribution in [3.05, 3.63) is 64.1 Å². The molecule has 7 heteroatoms. The van der Waals surface area contributed by atoms with E-state index in [9.17, 15) is 9.59 Å². The molecule has 2 amide bonds. The summed E-state index contributed by atoms with van der Waals surface area (Å²) < 4.78 is 6.48. The molecule has 162 valence electrons. The van der Waals surface area contributed by atoms with Gasteiger partial charge in [0.2, 0.25) is 11.8 Å². The van der Waals surface area contributed by atoms with Gasteiger partial charge in [-0.3, -0.25) is 9.59 Å². The highest BCUT2D eigenvalue weighted by Gasteiger charge is 2.32. The van der Waals surface area contributed by atoms with E-state index in [1.807, 2.05) is 53.4 Å². The highest BCUT2D eigenvalue weighted by molar-refractivity contribution is 9.10. The number of ether oxygens (including phenoxy) is 1. The maximum absolute atomic E-state index is 13.0. The van der Waals surface area contributed by atoms with Crippen molar-refractivity contribution < 1.29 is 14.3 Å². The van der Waals surface area contributed by atoms with Crippen molar-refractivity contribution in [2.24, 2.45) is 5.10 Å². The largest absolute Gasteiger partial charge is 0.496 e. The number of carbonyl (C=O) groups is 2. The zero-order valence-electron chi connectivity index (χ0n) is 17.6. The number of hydrazone groups is 1. The Kier molecular flexibility index (Phi) is 6.70. The lowest BCUT2D eigenvalue weighted by molar-refractivity contribution is -0.137. The van der Waals surface area contributed by atoms with E-state index < -0.39 is 0 Å². The Labute approximate surface area is 191 Å². The molecule has 2 aromatic rings. The first kappa shape index (κ1) is 21.6. The van der Waals surface area contributed by atoms with E-state index in [-0.39, 0.29) is 30.7 Å². The number of carbonyl (C=O) groups excluding carboxylic acids is 2. The number of nitrogens with zero attached hydrogens (tertiary/aromatic N) is 3. The first-order valence-corrected chi connectivity index (χ1v) is 11.4. The minimum Gasteiger partial charge on any atom is -0.496 e. The number of halogens is 1. The molecule has 0 spiro atoms. The van der Waals surface area contributed by atoms with Gasteiger partial charge in [0.25, 0.3) is 0 Å². The molecule has 0 bridgehead atoms. The summed E-state index contributed by atoms with van der Waals surface area (Å²) in [5.41, 5.74) is 2.96. The van der Waals surface area contributed by atoms with Crippen molar-refractivity contribution >= 4 is 33.5 Å². The predicted octanol–water partition coefficient (Wildman–Crippen LogP) is 4.54. The van der Waals surface area contributed by atoms with Gasteiger partial charge in [0.1, 0.15) is 5.75 Å². The highest BCUT2D eigenvalue weighted by atomic mass is 79.9. The van der Waals surface area contributed by atoms with Crippen LogP contribution in [0, 0.1) is 0 Å². The second kappa shape index (κ2) is 9.64. The average molecular weight is 484 g/mol. The van der Waals surface area contributed by atoms with Gasteiger partial charge < -0.3 is 9.64 Å². The third-order valence-corrected chi connectivity index (χ3v) is 6.37. The Bertz CT molecular complexity index is 993. The van der Waals surface area contributed by atoms with Gasteiger partial charge in [-0.05, 0) is 36.6 Å². The van der Waals surface area contributed by atoms with Crippen molar-refractivity contribution in [3.8, 4) is 5.75 Å². The van der Waals surface area contributed by atoms with Gasteiger partial charge in [0.05, 0.1) is 25.4 Å². The van der Waals surface area contributed by atoms with Crippen LogP contribution in [0.1, 0.15) is 49.3 Å². The van der Waals surface area contributed by atoms with E-state index >= 15 is 0 Å². The second-order valence-corrected chi connectivity index (χ2v) is 8.73. The number of hydrogen-bond donors (Lipinski definition) is 0. The van der Waals surface area contributed by atoms with Crippen LogP contribution in [0.15, 0.2) is 58.1 Å². The van der Waals surface area contributed by atoms with Crippen molar-refractivity contribution in [1.82, 2.24) is 9.91 Å². The minimum absolute atomic E-state index is 0.00402. The third-order valence-electron chi connectivity index (χ3n) is 5.87. The maximum atomic E-state index is 13.0. The van der Waals surface area contributed by atoms with Gasteiger partial charge in [-0.15, -0.1) is 0 Å². The summed E-state index contributed by atoms with van der Waals surface area (Å²) in [5.74, 6) is 0.684. The topological polar surface area (TPSA) is 62.2 Å². The van der Waals surface area contributed by atoms with Gasteiger partial charge in [0, 0.05) is 35.8 Å². The van der Waals surface area contributed by atoms with E-state index in [4.69, 9.17) is 4.74 Å². The molecule has 6 nitrogen and oxygen atoms in total. The first-order valence-electron chi connectivity index (χ1n) is 10.6. The van der Waals surface area contributed by atoms with Crippen LogP contribution < -0.4 is 4.74 Å². The summed E-state index contributed by atoms with van der Waals surface area (Å²) in [4.78, 5) is 27.5. The van der Waals surface area contributed by atoms with Gasteiger partial charge >= 0.3 is 0 Å². The molecule has 0 N–H and O–H groups in total. The van der Waals surface area contributed by atoms with Crippen LogP contribution in [-0.4, -0.2) is 47.6 Å². The number of amides is 2. The number of methoxy groups -OCH3 is 1. The molecule has 2 heterocycles. The van der Waals surface area contributed by atoms with Crippen LogP contribution in [0.4, 0.5) is 0 Å². The lowest BCUT2D eigenvalue weighted by atomic mass is 10.0. The van der Waals surface area contributed by atoms with Crippen LogP contribution in [0.25, 0.3) is 0 Å². The molecule has 1 fully saturated rings. The van der Waals surface area contributed by atoms with E-state index in [1.165, 1.54) is 5.01 Å². The zero-order chi connectivity index (χ0) is 21.8. The quantitative estimate of drug-likeness (QED) is 0.605. The first-order chi connectivity index (χ1) is 15.1. The second-order valence-electron chi connectivity index (χ2n) is 7.81. The molecule has 4 rings (SSSR count). The van der Waals surface area contributed by atoms with Gasteiger partial charge in [-0.25, -0.2) is 5.01 Å². The zero-order valence-corrected chi connectivity index (χ0v) is 19.2. The Balaban J connectivity index is 1.38. The number of benzene rings is 2. The Morgan fingerprint density at radius 1 is 1.10 bits per heavy atom. The normalized spacial score (nSPS) is 18.3. The summed E-state index contributed by atoms with van der Waals surface area (Å²) in [5, 5.41) is 5.99. The fourth-order valence-electron chi connectivity index (χ4n) is 4.31. The Morgan fingerprint density at radius 3 is 2.65 bits per heavy atom. The van der Waals surface area contributed by atoms with E-state index in [2.05, 4.69) is 21.0 Å². The van der Waals surface area contributed by atoms with E-state index in [0.29, 0.717) is 13.1 Å². The Morgan fingerprint density at radius 2 is 1.87 bits per heavy atom. The standard InChI is InChI=1S/C24H26BrN3O3/c1-31-22-10-9-18(25)16-19(22)21-8-5-14-27(21)23(29)11-12-24(30)28-15-13-20(26-28)17-6-3-2-4-7-17/h2-4,6-7,9-10,16,21H,5,8,11-15H2,1H3/t21-/m1/s1. The van der Waals surface area contributed by atoms with Gasteiger partial charge in [0.15, 0.2) is 0 Å². The van der Waals surface area contributed by atoms with E-state index in [1.54, 1.807) is 7.11 Å².